The van der Waals surface area contributed by atoms with Crippen LogP contribution in [0.15, 0.2) is 24.4 Å². The largest absolute Gasteiger partial charge is 0.395 e. The van der Waals surface area contributed by atoms with E-state index in [4.69, 9.17) is 15.0 Å². The summed E-state index contributed by atoms with van der Waals surface area (Å²) < 4.78 is 0. The van der Waals surface area contributed by atoms with Crippen LogP contribution in [0.5, 0.6) is 0 Å². The third-order valence-electron chi connectivity index (χ3n) is 8.60. The highest BCUT2D eigenvalue weighted by atomic mass is 16.3. The number of hydrogen-bond donors (Lipinski definition) is 3. The van der Waals surface area contributed by atoms with Crippen LogP contribution in [-0.2, 0) is 17.8 Å². The van der Waals surface area contributed by atoms with Crippen molar-refractivity contribution in [2.45, 2.75) is 58.1 Å². The average molecular weight is 561 g/mol. The molecule has 218 valence electrons. The van der Waals surface area contributed by atoms with Gasteiger partial charge in [0.25, 0.3) is 0 Å². The molecule has 6 rings (SSSR count). The second-order valence-corrected chi connectivity index (χ2v) is 11.5. The first-order valence-corrected chi connectivity index (χ1v) is 15.0. The van der Waals surface area contributed by atoms with Crippen molar-refractivity contribution in [2.75, 3.05) is 56.1 Å². The number of carbonyl (C=O) groups is 1. The molecule has 2 saturated heterocycles. The topological polar surface area (TPSA) is 131 Å². The Hall–Kier alpha value is -3.41. The molecule has 3 aromatic rings. The Morgan fingerprint density at radius 1 is 1.07 bits per heavy atom. The highest BCUT2D eigenvalue weighted by Gasteiger charge is 2.30. The molecule has 2 fully saturated rings. The Morgan fingerprint density at radius 2 is 1.88 bits per heavy atom. The molecule has 3 aliphatic rings. The molecule has 0 radical (unpaired) electrons. The van der Waals surface area contributed by atoms with Gasteiger partial charge in [0, 0.05) is 62.3 Å². The van der Waals surface area contributed by atoms with Crippen molar-refractivity contribution in [3.05, 3.63) is 41.3 Å². The Balaban J connectivity index is 1.16. The summed E-state index contributed by atoms with van der Waals surface area (Å²) >= 11 is 0. The van der Waals surface area contributed by atoms with Gasteiger partial charge in [0.1, 0.15) is 11.3 Å². The molecular weight excluding hydrogens is 520 g/mol. The van der Waals surface area contributed by atoms with E-state index in [9.17, 15) is 15.0 Å². The lowest BCUT2D eigenvalue weighted by Crippen LogP contribution is -2.44. The number of fused-ring (bicyclic) bond motifs is 2. The molecule has 6 heterocycles. The van der Waals surface area contributed by atoms with Crippen LogP contribution < -0.4 is 10.2 Å². The average Bonchev–Trinajstić information content (AvgIpc) is 3.01. The van der Waals surface area contributed by atoms with Crippen molar-refractivity contribution in [1.29, 1.82) is 0 Å². The van der Waals surface area contributed by atoms with Crippen molar-refractivity contribution in [3.63, 3.8) is 0 Å². The predicted molar refractivity (Wildman–Crippen MR) is 157 cm³/mol. The van der Waals surface area contributed by atoms with Gasteiger partial charge in [-0.05, 0) is 69.8 Å². The molecule has 0 bridgehead atoms. The number of amides is 1. The van der Waals surface area contributed by atoms with Crippen LogP contribution >= 0.6 is 0 Å². The molecule has 3 aliphatic heterocycles. The second-order valence-electron chi connectivity index (χ2n) is 11.5. The summed E-state index contributed by atoms with van der Waals surface area (Å²) in [7, 11) is 0. The normalized spacial score (nSPS) is 19.3. The molecule has 3 aromatic heterocycles. The van der Waals surface area contributed by atoms with Crippen molar-refractivity contribution in [3.8, 4) is 0 Å². The number of rotatable bonds is 7. The van der Waals surface area contributed by atoms with Crippen molar-refractivity contribution < 1.29 is 15.0 Å². The number of carbonyl (C=O) groups excluding carboxylic acids is 1. The van der Waals surface area contributed by atoms with E-state index < -0.39 is 6.10 Å². The van der Waals surface area contributed by atoms with E-state index in [1.807, 2.05) is 23.1 Å². The molecule has 0 unspecified atom stereocenters. The quantitative estimate of drug-likeness (QED) is 0.396. The molecule has 41 heavy (non-hydrogen) atoms. The van der Waals surface area contributed by atoms with Gasteiger partial charge >= 0.3 is 0 Å². The van der Waals surface area contributed by atoms with Gasteiger partial charge in [0.05, 0.1) is 18.4 Å². The van der Waals surface area contributed by atoms with Crippen LogP contribution in [0.25, 0.3) is 10.9 Å². The Bertz CT molecular complexity index is 1390. The molecule has 3 N–H and O–H groups in total. The van der Waals surface area contributed by atoms with Crippen LogP contribution in [-0.4, -0.2) is 91.7 Å². The summed E-state index contributed by atoms with van der Waals surface area (Å²) in [6, 6.07) is 5.83. The first-order valence-electron chi connectivity index (χ1n) is 15.0. The molecule has 0 spiro atoms. The van der Waals surface area contributed by atoms with Crippen LogP contribution in [0, 0.1) is 5.92 Å². The van der Waals surface area contributed by atoms with E-state index in [0.29, 0.717) is 43.5 Å². The number of aromatic nitrogens is 4. The summed E-state index contributed by atoms with van der Waals surface area (Å²) in [5.41, 5.74) is 3.46. The van der Waals surface area contributed by atoms with Crippen LogP contribution in [0.4, 0.5) is 17.6 Å². The van der Waals surface area contributed by atoms with E-state index in [2.05, 4.69) is 20.1 Å². The maximum atomic E-state index is 13.2. The fraction of sp³-hybridized carbons (Fsp3) is 0.567. The SMILES string of the molecule is C[C@@H](O)c1cc2cnc(Nc3ccc4c(n3)CCN(C(=O)C3CCN(CCO)CC3)C4)nc2c(N2CCCCC2)n1. The molecule has 11 nitrogen and oxygen atoms in total. The van der Waals surface area contributed by atoms with Crippen LogP contribution in [0.2, 0.25) is 0 Å². The molecule has 0 aliphatic carbocycles. The van der Waals surface area contributed by atoms with Gasteiger partial charge in [-0.1, -0.05) is 6.07 Å². The third-order valence-corrected chi connectivity index (χ3v) is 8.60. The van der Waals surface area contributed by atoms with E-state index in [0.717, 1.165) is 79.8 Å². The zero-order chi connectivity index (χ0) is 28.3. The number of anilines is 3. The van der Waals surface area contributed by atoms with Gasteiger partial charge in [-0.15, -0.1) is 0 Å². The minimum atomic E-state index is -0.670. The number of piperidine rings is 2. The first kappa shape index (κ1) is 27.7. The molecule has 0 aromatic carbocycles. The van der Waals surface area contributed by atoms with Gasteiger partial charge < -0.3 is 30.2 Å². The fourth-order valence-electron chi connectivity index (χ4n) is 6.23. The van der Waals surface area contributed by atoms with Gasteiger partial charge in [-0.25, -0.2) is 19.9 Å². The first-order chi connectivity index (χ1) is 20.0. The summed E-state index contributed by atoms with van der Waals surface area (Å²) in [6.45, 7) is 7.41. The number of pyridine rings is 2. The van der Waals surface area contributed by atoms with Gasteiger partial charge in [0.15, 0.2) is 5.82 Å². The number of aliphatic hydroxyl groups excluding tert-OH is 2. The van der Waals surface area contributed by atoms with Gasteiger partial charge in [-0.3, -0.25) is 4.79 Å². The molecule has 11 heteroatoms. The zero-order valence-electron chi connectivity index (χ0n) is 23.8. The fourth-order valence-corrected chi connectivity index (χ4v) is 6.23. The summed E-state index contributed by atoms with van der Waals surface area (Å²) in [5.74, 6) is 2.22. The van der Waals surface area contributed by atoms with Crippen LogP contribution in [0.3, 0.4) is 0 Å². The number of nitrogens with one attached hydrogen (secondary N) is 1. The number of aliphatic hydroxyl groups is 2. The molecular formula is C30H40N8O3. The lowest BCUT2D eigenvalue weighted by molar-refractivity contribution is -0.138. The van der Waals surface area contributed by atoms with Crippen molar-refractivity contribution in [2.24, 2.45) is 5.92 Å². The Kier molecular flexibility index (Phi) is 8.27. The predicted octanol–water partition coefficient (Wildman–Crippen LogP) is 2.80. The maximum absolute atomic E-state index is 13.2. The zero-order valence-corrected chi connectivity index (χ0v) is 23.8. The van der Waals surface area contributed by atoms with Crippen molar-refractivity contribution >= 4 is 34.4 Å². The Morgan fingerprint density at radius 3 is 2.63 bits per heavy atom. The van der Waals surface area contributed by atoms with E-state index in [1.165, 1.54) is 6.42 Å². The molecule has 1 atom stereocenters. The Labute approximate surface area is 240 Å². The summed E-state index contributed by atoms with van der Waals surface area (Å²) in [5, 5.41) is 23.5. The molecule has 1 amide bonds. The number of hydrogen-bond acceptors (Lipinski definition) is 10. The third kappa shape index (κ3) is 6.12. The van der Waals surface area contributed by atoms with E-state index in [1.54, 1.807) is 13.1 Å². The minimum Gasteiger partial charge on any atom is -0.395 e. The minimum absolute atomic E-state index is 0.0615. The highest BCUT2D eigenvalue weighted by molar-refractivity contribution is 5.89. The number of β-amino-alcohol motifs (C(OH)–C–C–N with tert-alkyl or cyclic N) is 1. The monoisotopic (exact) mass is 560 g/mol. The smallest absolute Gasteiger partial charge is 0.229 e. The maximum Gasteiger partial charge on any atom is 0.229 e. The second kappa shape index (κ2) is 12.2. The number of likely N-dealkylation sites (tertiary alicyclic amines) is 1. The lowest BCUT2D eigenvalue weighted by atomic mass is 9.94. The highest BCUT2D eigenvalue weighted by Crippen LogP contribution is 2.30. The standard InChI is InChI=1S/C30H40N8O3/c1-20(40)25-17-23-18-31-30(35-27(23)28(33-25)37-10-3-2-4-11-37)34-26-6-5-22-19-38(14-9-24(22)32-26)29(41)21-7-12-36(13-8-21)15-16-39/h5-6,17-18,20-21,39-40H,2-4,7-16,19H2,1H3,(H,31,32,34,35)/t20-/m1/s1. The van der Waals surface area contributed by atoms with Gasteiger partial charge in [-0.2, -0.15) is 0 Å². The van der Waals surface area contributed by atoms with Gasteiger partial charge in [0.2, 0.25) is 11.9 Å². The summed E-state index contributed by atoms with van der Waals surface area (Å²) in [6.07, 6.45) is 6.97. The number of nitrogens with zero attached hydrogens (tertiary/aromatic N) is 7. The summed E-state index contributed by atoms with van der Waals surface area (Å²) in [4.78, 5) is 38.7. The van der Waals surface area contributed by atoms with E-state index >= 15 is 0 Å². The molecule has 0 saturated carbocycles. The van der Waals surface area contributed by atoms with Crippen molar-refractivity contribution in [1.82, 2.24) is 29.7 Å². The van der Waals surface area contributed by atoms with Crippen LogP contribution in [0.1, 0.15) is 62.1 Å². The van der Waals surface area contributed by atoms with E-state index in [-0.39, 0.29) is 18.4 Å². The lowest BCUT2D eigenvalue weighted by Gasteiger charge is -2.35.